The molecule has 1 heterocycles. The number of ether oxygens (including phenoxy) is 1. The van der Waals surface area contributed by atoms with Gasteiger partial charge in [0.25, 0.3) is 0 Å². The molecule has 0 aliphatic rings. The molecular weight excluding hydrogens is 200 g/mol. The number of aromatic nitrogens is 1. The van der Waals surface area contributed by atoms with Crippen LogP contribution < -0.4 is 4.74 Å². The van der Waals surface area contributed by atoms with Crippen molar-refractivity contribution < 1.29 is 4.74 Å². The zero-order valence-corrected chi connectivity index (χ0v) is 8.63. The van der Waals surface area contributed by atoms with Crippen molar-refractivity contribution in [3.05, 3.63) is 54.2 Å². The molecule has 1 aromatic carbocycles. The van der Waals surface area contributed by atoms with Gasteiger partial charge in [0.2, 0.25) is 5.88 Å². The van der Waals surface area contributed by atoms with E-state index in [4.69, 9.17) is 10.00 Å². The third-order valence-corrected chi connectivity index (χ3v) is 2.04. The molecule has 0 spiro atoms. The molecular formula is C13H10N2O. The van der Waals surface area contributed by atoms with E-state index in [9.17, 15) is 0 Å². The van der Waals surface area contributed by atoms with E-state index >= 15 is 0 Å². The van der Waals surface area contributed by atoms with Gasteiger partial charge in [-0.2, -0.15) is 5.26 Å². The molecule has 0 N–H and O–H groups in total. The van der Waals surface area contributed by atoms with Crippen molar-refractivity contribution in [2.75, 3.05) is 0 Å². The van der Waals surface area contributed by atoms with Crippen LogP contribution in [0, 0.1) is 11.3 Å². The maximum Gasteiger partial charge on any atom is 0.219 e. The molecule has 0 saturated carbocycles. The van der Waals surface area contributed by atoms with Crippen LogP contribution in [0.1, 0.15) is 5.56 Å². The van der Waals surface area contributed by atoms with Gasteiger partial charge in [0.15, 0.2) is 0 Å². The lowest BCUT2D eigenvalue weighted by atomic mass is 10.1. The van der Waals surface area contributed by atoms with Crippen molar-refractivity contribution in [2.24, 2.45) is 0 Å². The first-order valence-corrected chi connectivity index (χ1v) is 4.93. The van der Waals surface area contributed by atoms with E-state index in [0.717, 1.165) is 5.56 Å². The smallest absolute Gasteiger partial charge is 0.219 e. The second kappa shape index (κ2) is 4.94. The fourth-order valence-electron chi connectivity index (χ4n) is 1.34. The van der Waals surface area contributed by atoms with Gasteiger partial charge >= 0.3 is 0 Å². The lowest BCUT2D eigenvalue weighted by molar-refractivity contribution is 0.462. The summed E-state index contributed by atoms with van der Waals surface area (Å²) in [6.45, 7) is 0. The molecule has 0 unspecified atom stereocenters. The Balaban J connectivity index is 2.16. The fourth-order valence-corrected chi connectivity index (χ4v) is 1.34. The number of rotatable bonds is 3. The SMILES string of the molecule is N#CCc1cccc(Oc2ccccn2)c1. The molecule has 0 amide bonds. The molecule has 0 saturated heterocycles. The molecule has 0 atom stereocenters. The van der Waals surface area contributed by atoms with Crippen LogP contribution >= 0.6 is 0 Å². The van der Waals surface area contributed by atoms with Crippen LogP contribution in [0.3, 0.4) is 0 Å². The number of hydrogen-bond acceptors (Lipinski definition) is 3. The third kappa shape index (κ3) is 2.58. The normalized spacial score (nSPS) is 9.44. The van der Waals surface area contributed by atoms with Gasteiger partial charge in [-0.25, -0.2) is 4.98 Å². The predicted octanol–water partition coefficient (Wildman–Crippen LogP) is 2.94. The summed E-state index contributed by atoms with van der Waals surface area (Å²) in [7, 11) is 0. The van der Waals surface area contributed by atoms with Crippen LogP contribution in [-0.2, 0) is 6.42 Å². The summed E-state index contributed by atoms with van der Waals surface area (Å²) < 4.78 is 5.54. The Bertz CT molecular complexity index is 503. The van der Waals surface area contributed by atoms with Gasteiger partial charge in [-0.3, -0.25) is 0 Å². The quantitative estimate of drug-likeness (QED) is 0.782. The first kappa shape index (κ1) is 10.2. The van der Waals surface area contributed by atoms with Crippen molar-refractivity contribution in [3.63, 3.8) is 0 Å². The van der Waals surface area contributed by atoms with E-state index < -0.39 is 0 Å². The Morgan fingerprint density at radius 3 is 2.88 bits per heavy atom. The van der Waals surface area contributed by atoms with Crippen LogP contribution in [0.25, 0.3) is 0 Å². The number of hydrogen-bond donors (Lipinski definition) is 0. The highest BCUT2D eigenvalue weighted by molar-refractivity contribution is 5.32. The lowest BCUT2D eigenvalue weighted by Gasteiger charge is -2.04. The van der Waals surface area contributed by atoms with E-state index in [0.29, 0.717) is 18.1 Å². The summed E-state index contributed by atoms with van der Waals surface area (Å²) in [4.78, 5) is 4.06. The van der Waals surface area contributed by atoms with Crippen molar-refractivity contribution in [1.29, 1.82) is 5.26 Å². The second-order valence-corrected chi connectivity index (χ2v) is 3.25. The summed E-state index contributed by atoms with van der Waals surface area (Å²) in [5, 5.41) is 8.60. The maximum atomic E-state index is 8.60. The highest BCUT2D eigenvalue weighted by Gasteiger charge is 1.98. The van der Waals surface area contributed by atoms with Crippen LogP contribution in [-0.4, -0.2) is 4.98 Å². The summed E-state index contributed by atoms with van der Waals surface area (Å²) in [6.07, 6.45) is 2.06. The minimum absolute atomic E-state index is 0.388. The molecule has 3 nitrogen and oxygen atoms in total. The van der Waals surface area contributed by atoms with Gasteiger partial charge in [0, 0.05) is 12.3 Å². The summed E-state index contributed by atoms with van der Waals surface area (Å²) in [5.41, 5.74) is 0.941. The van der Waals surface area contributed by atoms with E-state index in [-0.39, 0.29) is 0 Å². The third-order valence-electron chi connectivity index (χ3n) is 2.04. The van der Waals surface area contributed by atoms with Gasteiger partial charge in [-0.15, -0.1) is 0 Å². The largest absolute Gasteiger partial charge is 0.439 e. The molecule has 78 valence electrons. The molecule has 2 rings (SSSR count). The molecule has 0 bridgehead atoms. The Morgan fingerprint density at radius 1 is 1.19 bits per heavy atom. The van der Waals surface area contributed by atoms with Gasteiger partial charge in [-0.05, 0) is 23.8 Å². The first-order valence-electron chi connectivity index (χ1n) is 4.93. The van der Waals surface area contributed by atoms with Gasteiger partial charge in [-0.1, -0.05) is 18.2 Å². The number of nitriles is 1. The van der Waals surface area contributed by atoms with Crippen molar-refractivity contribution in [3.8, 4) is 17.7 Å². The van der Waals surface area contributed by atoms with E-state index in [2.05, 4.69) is 11.1 Å². The lowest BCUT2D eigenvalue weighted by Crippen LogP contribution is -1.88. The average molecular weight is 210 g/mol. The van der Waals surface area contributed by atoms with Gasteiger partial charge in [0.05, 0.1) is 12.5 Å². The summed E-state index contributed by atoms with van der Waals surface area (Å²) in [5.74, 6) is 1.25. The van der Waals surface area contributed by atoms with Crippen LogP contribution in [0.4, 0.5) is 0 Å². The Hall–Kier alpha value is -2.34. The Morgan fingerprint density at radius 2 is 2.12 bits per heavy atom. The van der Waals surface area contributed by atoms with Crippen LogP contribution in [0.2, 0.25) is 0 Å². The zero-order chi connectivity index (χ0) is 11.2. The minimum atomic E-state index is 0.388. The standard InChI is InChI=1S/C13H10N2O/c14-8-7-11-4-3-5-12(10-11)16-13-6-1-2-9-15-13/h1-6,9-10H,7H2. The first-order chi connectivity index (χ1) is 7.88. The molecule has 0 radical (unpaired) electrons. The molecule has 2 aromatic rings. The van der Waals surface area contributed by atoms with E-state index in [1.165, 1.54) is 0 Å². The number of benzene rings is 1. The maximum absolute atomic E-state index is 8.60. The molecule has 0 fully saturated rings. The van der Waals surface area contributed by atoms with Crippen molar-refractivity contribution >= 4 is 0 Å². The second-order valence-electron chi connectivity index (χ2n) is 3.25. The Labute approximate surface area is 93.9 Å². The molecule has 1 aromatic heterocycles. The molecule has 0 aliphatic carbocycles. The minimum Gasteiger partial charge on any atom is -0.439 e. The Kier molecular flexibility index (Phi) is 3.15. The van der Waals surface area contributed by atoms with Crippen molar-refractivity contribution in [1.82, 2.24) is 4.98 Å². The summed E-state index contributed by atoms with van der Waals surface area (Å²) in [6, 6.07) is 15.0. The molecule has 16 heavy (non-hydrogen) atoms. The number of nitrogens with zero attached hydrogens (tertiary/aromatic N) is 2. The van der Waals surface area contributed by atoms with Crippen molar-refractivity contribution in [2.45, 2.75) is 6.42 Å². The van der Waals surface area contributed by atoms with Crippen LogP contribution in [0.15, 0.2) is 48.7 Å². The van der Waals surface area contributed by atoms with Crippen LogP contribution in [0.5, 0.6) is 11.6 Å². The topological polar surface area (TPSA) is 45.9 Å². The van der Waals surface area contributed by atoms with Gasteiger partial charge < -0.3 is 4.74 Å². The van der Waals surface area contributed by atoms with Gasteiger partial charge in [0.1, 0.15) is 5.75 Å². The van der Waals surface area contributed by atoms with E-state index in [1.54, 1.807) is 12.3 Å². The fraction of sp³-hybridized carbons (Fsp3) is 0.0769. The predicted molar refractivity (Wildman–Crippen MR) is 60.1 cm³/mol. The summed E-state index contributed by atoms with van der Waals surface area (Å²) >= 11 is 0. The monoisotopic (exact) mass is 210 g/mol. The highest BCUT2D eigenvalue weighted by atomic mass is 16.5. The number of pyridine rings is 1. The average Bonchev–Trinajstić information content (AvgIpc) is 2.31. The highest BCUT2D eigenvalue weighted by Crippen LogP contribution is 2.19. The zero-order valence-electron chi connectivity index (χ0n) is 8.63. The van der Waals surface area contributed by atoms with E-state index in [1.807, 2.05) is 36.4 Å². The molecule has 3 heteroatoms. The molecule has 0 aliphatic heterocycles.